The summed E-state index contributed by atoms with van der Waals surface area (Å²) in [7, 11) is -3.11. The van der Waals surface area contributed by atoms with Crippen molar-refractivity contribution in [2.75, 3.05) is 32.7 Å². The van der Waals surface area contributed by atoms with Crippen molar-refractivity contribution < 1.29 is 8.42 Å². The van der Waals surface area contributed by atoms with Gasteiger partial charge in [0.25, 0.3) is 0 Å². The normalized spacial score (nSPS) is 20.2. The predicted octanol–water partition coefficient (Wildman–Crippen LogP) is -0.372. The number of sulfonamides is 1. The zero-order valence-corrected chi connectivity index (χ0v) is 11.4. The number of nitrogens with zero attached hydrogens (tertiary/aromatic N) is 2. The van der Waals surface area contributed by atoms with Crippen molar-refractivity contribution in [2.24, 2.45) is 5.73 Å². The molecule has 7 heteroatoms. The Kier molecular flexibility index (Phi) is 4.66. The molecule has 5 nitrogen and oxygen atoms in total. The number of nitrogens with two attached hydrogens (primary N) is 1. The van der Waals surface area contributed by atoms with Gasteiger partial charge in [0.05, 0.1) is 10.2 Å². The van der Waals surface area contributed by atoms with Gasteiger partial charge >= 0.3 is 0 Å². The number of rotatable bonds is 4. The number of hydrogen-bond donors (Lipinski definition) is 1. The van der Waals surface area contributed by atoms with Crippen LogP contribution in [0, 0.1) is 0 Å². The largest absolute Gasteiger partial charge is 0.392 e. The molecule has 0 radical (unpaired) electrons. The minimum absolute atomic E-state index is 0.352. The maximum absolute atomic E-state index is 11.9. The number of hydrogen-bond acceptors (Lipinski definition) is 4. The van der Waals surface area contributed by atoms with Crippen LogP contribution in [0.25, 0.3) is 0 Å². The van der Waals surface area contributed by atoms with E-state index in [0.717, 1.165) is 0 Å². The Morgan fingerprint density at radius 2 is 1.81 bits per heavy atom. The third kappa shape index (κ3) is 3.38. The van der Waals surface area contributed by atoms with E-state index in [1.165, 1.54) is 0 Å². The molecule has 0 spiro atoms. The van der Waals surface area contributed by atoms with Crippen LogP contribution >= 0.6 is 12.2 Å². The first-order valence-electron chi connectivity index (χ1n) is 5.33. The molecule has 1 aliphatic rings. The molecule has 0 aliphatic carbocycles. The summed E-state index contributed by atoms with van der Waals surface area (Å²) in [6.45, 7) is 6.44. The van der Waals surface area contributed by atoms with Crippen LogP contribution in [0.5, 0.6) is 0 Å². The molecular weight excluding hydrogens is 246 g/mol. The highest BCUT2D eigenvalue weighted by molar-refractivity contribution is 7.89. The van der Waals surface area contributed by atoms with Crippen molar-refractivity contribution in [3.05, 3.63) is 0 Å². The Balaban J connectivity index is 2.52. The van der Waals surface area contributed by atoms with E-state index < -0.39 is 10.0 Å². The van der Waals surface area contributed by atoms with Crippen LogP contribution in [-0.2, 0) is 10.0 Å². The molecule has 0 atom stereocenters. The first kappa shape index (κ1) is 13.8. The highest BCUT2D eigenvalue weighted by atomic mass is 32.2. The van der Waals surface area contributed by atoms with Gasteiger partial charge in [-0.3, -0.25) is 4.90 Å². The van der Waals surface area contributed by atoms with Gasteiger partial charge in [-0.15, -0.1) is 0 Å². The van der Waals surface area contributed by atoms with Gasteiger partial charge in [0, 0.05) is 32.7 Å². The number of piperazine rings is 1. The van der Waals surface area contributed by atoms with Crippen molar-refractivity contribution in [1.29, 1.82) is 0 Å². The highest BCUT2D eigenvalue weighted by Gasteiger charge is 2.29. The molecule has 0 aromatic carbocycles. The Hall–Kier alpha value is -0.240. The maximum Gasteiger partial charge on any atom is 0.216 e. The third-order valence-corrected chi connectivity index (χ3v) is 5.07. The van der Waals surface area contributed by atoms with Crippen molar-refractivity contribution in [3.8, 4) is 0 Å². The zero-order valence-electron chi connectivity index (χ0n) is 9.72. The second kappa shape index (κ2) is 5.39. The molecule has 0 unspecified atom stereocenters. The summed E-state index contributed by atoms with van der Waals surface area (Å²) in [6.07, 6.45) is 0. The molecule has 0 amide bonds. The minimum atomic E-state index is -3.11. The molecule has 94 valence electrons. The van der Waals surface area contributed by atoms with E-state index in [4.69, 9.17) is 18.0 Å². The van der Waals surface area contributed by atoms with E-state index >= 15 is 0 Å². The first-order valence-corrected chi connectivity index (χ1v) is 7.25. The number of thiocarbonyl (C=S) groups is 1. The van der Waals surface area contributed by atoms with Crippen LogP contribution in [0.2, 0.25) is 0 Å². The van der Waals surface area contributed by atoms with E-state index in [1.54, 1.807) is 18.2 Å². The molecule has 1 heterocycles. The SMILES string of the molecule is CC(C)S(=O)(=O)N1CCN(CC(N)=S)CC1. The summed E-state index contributed by atoms with van der Waals surface area (Å²) in [5, 5.41) is -0.352. The molecule has 2 N–H and O–H groups in total. The lowest BCUT2D eigenvalue weighted by Gasteiger charge is -2.34. The van der Waals surface area contributed by atoms with Gasteiger partial charge in [0.2, 0.25) is 10.0 Å². The smallest absolute Gasteiger partial charge is 0.216 e. The van der Waals surface area contributed by atoms with Crippen molar-refractivity contribution in [2.45, 2.75) is 19.1 Å². The second-order valence-electron chi connectivity index (χ2n) is 4.24. The molecule has 1 rings (SSSR count). The standard InChI is InChI=1S/C9H19N3O2S2/c1-8(2)16(13,14)12-5-3-11(4-6-12)7-9(10)15/h8H,3-7H2,1-2H3,(H2,10,15). The van der Waals surface area contributed by atoms with E-state index in [-0.39, 0.29) is 5.25 Å². The van der Waals surface area contributed by atoms with E-state index in [1.807, 2.05) is 0 Å². The topological polar surface area (TPSA) is 66.6 Å². The molecule has 0 aromatic heterocycles. The summed E-state index contributed by atoms with van der Waals surface area (Å²) in [5.41, 5.74) is 5.45. The summed E-state index contributed by atoms with van der Waals surface area (Å²) in [6, 6.07) is 0. The molecule has 1 aliphatic heterocycles. The zero-order chi connectivity index (χ0) is 12.3. The first-order chi connectivity index (χ1) is 7.34. The van der Waals surface area contributed by atoms with Crippen LogP contribution < -0.4 is 5.73 Å². The van der Waals surface area contributed by atoms with Crippen LogP contribution in [0.4, 0.5) is 0 Å². The summed E-state index contributed by atoms with van der Waals surface area (Å²) < 4.78 is 25.3. The highest BCUT2D eigenvalue weighted by Crippen LogP contribution is 2.11. The minimum Gasteiger partial charge on any atom is -0.392 e. The third-order valence-electron chi connectivity index (χ3n) is 2.67. The van der Waals surface area contributed by atoms with Gasteiger partial charge < -0.3 is 5.73 Å². The van der Waals surface area contributed by atoms with Crippen molar-refractivity contribution in [3.63, 3.8) is 0 Å². The van der Waals surface area contributed by atoms with Crippen LogP contribution in [0.3, 0.4) is 0 Å². The monoisotopic (exact) mass is 265 g/mol. The lowest BCUT2D eigenvalue weighted by Crippen LogP contribution is -2.51. The summed E-state index contributed by atoms with van der Waals surface area (Å²) in [5.74, 6) is 0. The summed E-state index contributed by atoms with van der Waals surface area (Å²) >= 11 is 4.83. The molecule has 16 heavy (non-hydrogen) atoms. The van der Waals surface area contributed by atoms with Gasteiger partial charge in [-0.05, 0) is 13.8 Å². The Morgan fingerprint density at radius 1 is 1.31 bits per heavy atom. The Bertz CT molecular complexity index is 346. The maximum atomic E-state index is 11.9. The van der Waals surface area contributed by atoms with Gasteiger partial charge in [0.1, 0.15) is 0 Å². The van der Waals surface area contributed by atoms with E-state index in [9.17, 15) is 8.42 Å². The average molecular weight is 265 g/mol. The van der Waals surface area contributed by atoms with E-state index in [2.05, 4.69) is 4.90 Å². The average Bonchev–Trinajstić information content (AvgIpc) is 2.17. The van der Waals surface area contributed by atoms with Crippen molar-refractivity contribution >= 4 is 27.2 Å². The Labute approximate surface area is 103 Å². The van der Waals surface area contributed by atoms with E-state index in [0.29, 0.717) is 37.7 Å². The molecule has 0 bridgehead atoms. The lowest BCUT2D eigenvalue weighted by molar-refractivity contribution is 0.209. The second-order valence-corrected chi connectivity index (χ2v) is 7.25. The van der Waals surface area contributed by atoms with Crippen LogP contribution in [0.1, 0.15) is 13.8 Å². The molecule has 0 aromatic rings. The van der Waals surface area contributed by atoms with Crippen LogP contribution in [-0.4, -0.2) is 60.6 Å². The quantitative estimate of drug-likeness (QED) is 0.703. The summed E-state index contributed by atoms with van der Waals surface area (Å²) in [4.78, 5) is 2.54. The fraction of sp³-hybridized carbons (Fsp3) is 0.889. The fourth-order valence-corrected chi connectivity index (χ4v) is 3.11. The molecule has 1 saturated heterocycles. The Morgan fingerprint density at radius 3 is 2.19 bits per heavy atom. The van der Waals surface area contributed by atoms with Gasteiger partial charge in [0.15, 0.2) is 0 Å². The van der Waals surface area contributed by atoms with Gasteiger partial charge in [-0.25, -0.2) is 8.42 Å². The fourth-order valence-electron chi connectivity index (χ4n) is 1.66. The van der Waals surface area contributed by atoms with Crippen molar-refractivity contribution in [1.82, 2.24) is 9.21 Å². The molecular formula is C9H19N3O2S2. The molecule has 1 fully saturated rings. The van der Waals surface area contributed by atoms with Crippen LogP contribution in [0.15, 0.2) is 0 Å². The van der Waals surface area contributed by atoms with Gasteiger partial charge in [-0.2, -0.15) is 4.31 Å². The lowest BCUT2D eigenvalue weighted by atomic mass is 10.3. The predicted molar refractivity (Wildman–Crippen MR) is 68.9 cm³/mol. The molecule has 0 saturated carbocycles. The van der Waals surface area contributed by atoms with Gasteiger partial charge in [-0.1, -0.05) is 12.2 Å².